The maximum Gasteiger partial charge on any atom is 0.224 e. The number of aryl methyl sites for hydroxylation is 1. The van der Waals surface area contributed by atoms with Gasteiger partial charge in [-0.1, -0.05) is 23.7 Å². The highest BCUT2D eigenvalue weighted by Gasteiger charge is 2.06. The van der Waals surface area contributed by atoms with E-state index < -0.39 is 5.82 Å². The van der Waals surface area contributed by atoms with Crippen LogP contribution in [-0.2, 0) is 11.2 Å². The van der Waals surface area contributed by atoms with E-state index in [4.69, 9.17) is 16.9 Å². The zero-order valence-electron chi connectivity index (χ0n) is 11.1. The van der Waals surface area contributed by atoms with Crippen LogP contribution in [0.3, 0.4) is 0 Å². The van der Waals surface area contributed by atoms with E-state index in [-0.39, 0.29) is 10.9 Å². The van der Waals surface area contributed by atoms with Crippen molar-refractivity contribution < 1.29 is 9.18 Å². The molecule has 0 aliphatic heterocycles. The first-order valence-corrected chi connectivity index (χ1v) is 6.70. The molecule has 0 unspecified atom stereocenters. The van der Waals surface area contributed by atoms with Gasteiger partial charge in [0.05, 0.1) is 16.7 Å². The number of halogens is 2. The highest BCUT2D eigenvalue weighted by molar-refractivity contribution is 6.31. The summed E-state index contributed by atoms with van der Waals surface area (Å²) in [7, 11) is 0. The minimum absolute atomic E-state index is 0.0279. The number of hydrogen-bond donors (Lipinski definition) is 1. The molecule has 0 aliphatic rings. The zero-order chi connectivity index (χ0) is 15.2. The van der Waals surface area contributed by atoms with Crippen LogP contribution in [0.15, 0.2) is 42.5 Å². The van der Waals surface area contributed by atoms with E-state index in [0.29, 0.717) is 24.1 Å². The molecule has 0 radical (unpaired) electrons. The van der Waals surface area contributed by atoms with Crippen LogP contribution >= 0.6 is 11.6 Å². The summed E-state index contributed by atoms with van der Waals surface area (Å²) in [5.74, 6) is -0.700. The monoisotopic (exact) mass is 302 g/mol. The normalized spacial score (nSPS) is 9.95. The third kappa shape index (κ3) is 4.30. The van der Waals surface area contributed by atoms with Gasteiger partial charge in [0, 0.05) is 12.1 Å². The van der Waals surface area contributed by atoms with Crippen molar-refractivity contribution >= 4 is 23.2 Å². The molecule has 0 aromatic heterocycles. The number of rotatable bonds is 4. The zero-order valence-corrected chi connectivity index (χ0v) is 11.8. The Labute approximate surface area is 127 Å². The second kappa shape index (κ2) is 6.87. The number of anilines is 1. The fourth-order valence-electron chi connectivity index (χ4n) is 1.80. The van der Waals surface area contributed by atoms with Gasteiger partial charge in [-0.05, 0) is 42.3 Å². The summed E-state index contributed by atoms with van der Waals surface area (Å²) in [6.45, 7) is 0. The highest BCUT2D eigenvalue weighted by Crippen LogP contribution is 2.19. The third-order valence-corrected chi connectivity index (χ3v) is 3.22. The molecule has 1 amide bonds. The molecule has 2 aromatic carbocycles. The maximum absolute atomic E-state index is 13.0. The fraction of sp³-hybridized carbons (Fsp3) is 0.125. The van der Waals surface area contributed by atoms with Crippen LogP contribution in [0, 0.1) is 17.1 Å². The van der Waals surface area contributed by atoms with Crippen LogP contribution in [0.5, 0.6) is 0 Å². The molecule has 0 saturated carbocycles. The van der Waals surface area contributed by atoms with Gasteiger partial charge in [-0.2, -0.15) is 5.26 Å². The first kappa shape index (κ1) is 15.0. The van der Waals surface area contributed by atoms with E-state index >= 15 is 0 Å². The van der Waals surface area contributed by atoms with Gasteiger partial charge < -0.3 is 5.32 Å². The predicted molar refractivity (Wildman–Crippen MR) is 79.5 cm³/mol. The van der Waals surface area contributed by atoms with Crippen molar-refractivity contribution in [2.45, 2.75) is 12.8 Å². The number of hydrogen-bond acceptors (Lipinski definition) is 2. The Morgan fingerprint density at radius 3 is 2.57 bits per heavy atom. The molecule has 1 N–H and O–H groups in total. The molecule has 0 aliphatic carbocycles. The Bertz CT molecular complexity index is 692. The Morgan fingerprint density at radius 2 is 1.95 bits per heavy atom. The lowest BCUT2D eigenvalue weighted by atomic mass is 10.1. The molecule has 0 atom stereocenters. The number of nitriles is 1. The van der Waals surface area contributed by atoms with Crippen molar-refractivity contribution in [3.63, 3.8) is 0 Å². The van der Waals surface area contributed by atoms with Gasteiger partial charge in [0.15, 0.2) is 0 Å². The van der Waals surface area contributed by atoms with Gasteiger partial charge in [-0.3, -0.25) is 4.79 Å². The van der Waals surface area contributed by atoms with Crippen LogP contribution in [0.2, 0.25) is 5.02 Å². The molecule has 2 aromatic rings. The molecule has 106 valence electrons. The third-order valence-electron chi connectivity index (χ3n) is 2.93. The SMILES string of the molecule is N#Cc1ccc(CCC(=O)Nc2ccc(F)c(Cl)c2)cc1. The van der Waals surface area contributed by atoms with E-state index in [1.807, 2.05) is 18.2 Å². The highest BCUT2D eigenvalue weighted by atomic mass is 35.5. The second-order valence-electron chi connectivity index (χ2n) is 4.49. The number of nitrogens with zero attached hydrogens (tertiary/aromatic N) is 1. The number of carbonyl (C=O) groups excluding carboxylic acids is 1. The summed E-state index contributed by atoms with van der Waals surface area (Å²) in [6, 6.07) is 13.1. The minimum atomic E-state index is -0.521. The van der Waals surface area contributed by atoms with E-state index in [1.54, 1.807) is 12.1 Å². The lowest BCUT2D eigenvalue weighted by molar-refractivity contribution is -0.116. The molecule has 0 bridgehead atoms. The van der Waals surface area contributed by atoms with Crippen LogP contribution in [-0.4, -0.2) is 5.91 Å². The lowest BCUT2D eigenvalue weighted by Crippen LogP contribution is -2.12. The van der Waals surface area contributed by atoms with Gasteiger partial charge in [0.2, 0.25) is 5.91 Å². The first-order chi connectivity index (χ1) is 10.1. The maximum atomic E-state index is 13.0. The number of carbonyl (C=O) groups is 1. The van der Waals surface area contributed by atoms with Crippen molar-refractivity contribution in [1.29, 1.82) is 5.26 Å². The fourth-order valence-corrected chi connectivity index (χ4v) is 1.98. The van der Waals surface area contributed by atoms with Crippen molar-refractivity contribution in [2.24, 2.45) is 0 Å². The van der Waals surface area contributed by atoms with Crippen LogP contribution in [0.4, 0.5) is 10.1 Å². The van der Waals surface area contributed by atoms with Crippen LogP contribution in [0.25, 0.3) is 0 Å². The van der Waals surface area contributed by atoms with Gasteiger partial charge in [-0.25, -0.2) is 4.39 Å². The number of benzene rings is 2. The summed E-state index contributed by atoms with van der Waals surface area (Å²) in [5, 5.41) is 11.3. The Kier molecular flexibility index (Phi) is 4.91. The van der Waals surface area contributed by atoms with Crippen molar-refractivity contribution in [2.75, 3.05) is 5.32 Å². The van der Waals surface area contributed by atoms with E-state index in [0.717, 1.165) is 5.56 Å². The van der Waals surface area contributed by atoms with Gasteiger partial charge >= 0.3 is 0 Å². The minimum Gasteiger partial charge on any atom is -0.326 e. The lowest BCUT2D eigenvalue weighted by Gasteiger charge is -2.06. The molecule has 0 spiro atoms. The molecule has 21 heavy (non-hydrogen) atoms. The Hall–Kier alpha value is -2.38. The van der Waals surface area contributed by atoms with E-state index in [2.05, 4.69) is 5.32 Å². The number of amides is 1. The average molecular weight is 303 g/mol. The average Bonchev–Trinajstić information content (AvgIpc) is 2.49. The first-order valence-electron chi connectivity index (χ1n) is 6.32. The quantitative estimate of drug-likeness (QED) is 0.930. The second-order valence-corrected chi connectivity index (χ2v) is 4.89. The Morgan fingerprint density at radius 1 is 1.24 bits per heavy atom. The smallest absolute Gasteiger partial charge is 0.224 e. The molecule has 5 heteroatoms. The van der Waals surface area contributed by atoms with Crippen molar-refractivity contribution in [3.05, 3.63) is 64.4 Å². The van der Waals surface area contributed by atoms with Gasteiger partial charge in [0.1, 0.15) is 5.82 Å². The summed E-state index contributed by atoms with van der Waals surface area (Å²) >= 11 is 5.65. The van der Waals surface area contributed by atoms with Gasteiger partial charge in [0.25, 0.3) is 0 Å². The van der Waals surface area contributed by atoms with Crippen molar-refractivity contribution in [3.8, 4) is 6.07 Å². The predicted octanol–water partition coefficient (Wildman–Crippen LogP) is 3.92. The molecule has 0 heterocycles. The summed E-state index contributed by atoms with van der Waals surface area (Å²) in [6.07, 6.45) is 0.855. The molecule has 2 rings (SSSR count). The number of nitrogens with one attached hydrogen (secondary N) is 1. The van der Waals surface area contributed by atoms with E-state index in [9.17, 15) is 9.18 Å². The standard InChI is InChI=1S/C16H12ClFN2O/c17-14-9-13(6-7-15(14)18)20-16(21)8-5-11-1-3-12(10-19)4-2-11/h1-4,6-7,9H,5,8H2,(H,20,21). The van der Waals surface area contributed by atoms with Crippen molar-refractivity contribution in [1.82, 2.24) is 0 Å². The summed E-state index contributed by atoms with van der Waals surface area (Å²) in [5.41, 5.74) is 2.02. The molecule has 0 fully saturated rings. The van der Waals surface area contributed by atoms with Gasteiger partial charge in [-0.15, -0.1) is 0 Å². The molecule has 0 saturated heterocycles. The van der Waals surface area contributed by atoms with Crippen LogP contribution < -0.4 is 5.32 Å². The molecular formula is C16H12ClFN2O. The summed E-state index contributed by atoms with van der Waals surface area (Å²) < 4.78 is 13.0. The summed E-state index contributed by atoms with van der Waals surface area (Å²) in [4.78, 5) is 11.8. The van der Waals surface area contributed by atoms with E-state index in [1.165, 1.54) is 18.2 Å². The topological polar surface area (TPSA) is 52.9 Å². The Balaban J connectivity index is 1.89. The molecular weight excluding hydrogens is 291 g/mol. The molecule has 3 nitrogen and oxygen atoms in total. The van der Waals surface area contributed by atoms with Crippen LogP contribution in [0.1, 0.15) is 17.5 Å². The largest absolute Gasteiger partial charge is 0.326 e.